The summed E-state index contributed by atoms with van der Waals surface area (Å²) in [5, 5.41) is 1.46. The second-order valence-electron chi connectivity index (χ2n) is 31.9. The maximum absolute atomic E-state index is 2.88. The zero-order valence-electron chi connectivity index (χ0n) is 51.3. The zero-order valence-corrected chi connectivity index (χ0v) is 52.2. The molecule has 7 aromatic rings. The molecule has 3 nitrogen and oxygen atoms in total. The van der Waals surface area contributed by atoms with Crippen LogP contribution in [0, 0.1) is 0 Å². The molecule has 0 saturated heterocycles. The summed E-state index contributed by atoms with van der Waals surface area (Å²) in [6.45, 7) is 38.5. The highest BCUT2D eigenvalue weighted by Crippen LogP contribution is 2.63. The minimum absolute atomic E-state index is 0.0224. The molecule has 6 aromatic carbocycles. The molecule has 2 atom stereocenters. The Bertz CT molecular complexity index is 3790. The van der Waals surface area contributed by atoms with Crippen LogP contribution >= 0.6 is 11.3 Å². The highest BCUT2D eigenvalue weighted by atomic mass is 32.1. The van der Waals surface area contributed by atoms with Crippen molar-refractivity contribution in [1.82, 2.24) is 0 Å². The Morgan fingerprint density at radius 2 is 1.07 bits per heavy atom. The average Bonchev–Trinajstić information content (AvgIpc) is 1.84. The molecule has 80 heavy (non-hydrogen) atoms. The van der Waals surface area contributed by atoms with Crippen molar-refractivity contribution in [2.45, 2.75) is 236 Å². The number of benzene rings is 6. The molecule has 6 aliphatic carbocycles. The van der Waals surface area contributed by atoms with Crippen molar-refractivity contribution in [2.75, 3.05) is 14.7 Å². The molecule has 9 aliphatic rings. The lowest BCUT2D eigenvalue weighted by atomic mass is 9.35. The van der Waals surface area contributed by atoms with Crippen molar-refractivity contribution in [3.8, 4) is 0 Å². The van der Waals surface area contributed by atoms with Gasteiger partial charge in [0.2, 0.25) is 0 Å². The lowest BCUT2D eigenvalue weighted by Gasteiger charge is -2.52. The van der Waals surface area contributed by atoms with Gasteiger partial charge in [-0.25, -0.2) is 0 Å². The van der Waals surface area contributed by atoms with Crippen molar-refractivity contribution in [2.24, 2.45) is 0 Å². The fourth-order valence-corrected chi connectivity index (χ4v) is 19.6. The Morgan fingerprint density at radius 1 is 0.487 bits per heavy atom. The molecule has 16 rings (SSSR count). The van der Waals surface area contributed by atoms with Gasteiger partial charge in [-0.3, -0.25) is 0 Å². The third-order valence-corrected chi connectivity index (χ3v) is 25.3. The summed E-state index contributed by atoms with van der Waals surface area (Å²) in [4.78, 5) is 8.57. The largest absolute Gasteiger partial charge is 0.337 e. The fourth-order valence-electron chi connectivity index (χ4n) is 18.2. The molecule has 2 bridgehead atoms. The van der Waals surface area contributed by atoms with E-state index in [0.717, 1.165) is 6.54 Å². The van der Waals surface area contributed by atoms with Crippen molar-refractivity contribution in [3.05, 3.63) is 153 Å². The summed E-state index contributed by atoms with van der Waals surface area (Å²) < 4.78 is 2.99. The van der Waals surface area contributed by atoms with Crippen LogP contribution < -0.4 is 30.4 Å². The lowest BCUT2D eigenvalue weighted by molar-refractivity contribution is 0.188. The minimum Gasteiger partial charge on any atom is -0.337 e. The monoisotopic (exact) mass is 1070 g/mol. The molecule has 2 unspecified atom stereocenters. The number of rotatable bonds is 4. The Morgan fingerprint density at radius 3 is 1.74 bits per heavy atom. The Kier molecular flexibility index (Phi) is 10.5. The van der Waals surface area contributed by atoms with Crippen LogP contribution in [0.2, 0.25) is 0 Å². The smallest absolute Gasteiger partial charge is 0.264 e. The highest BCUT2D eigenvalue weighted by molar-refractivity contribution is 7.33. The van der Waals surface area contributed by atoms with Crippen LogP contribution in [0.5, 0.6) is 0 Å². The molecule has 3 aliphatic heterocycles. The molecule has 412 valence electrons. The van der Waals surface area contributed by atoms with Crippen LogP contribution in [0.4, 0.5) is 39.8 Å². The highest BCUT2D eigenvalue weighted by Gasteiger charge is 2.59. The Labute approximate surface area is 485 Å². The lowest BCUT2D eigenvalue weighted by Crippen LogP contribution is -2.61. The number of thiophene rings is 1. The quantitative estimate of drug-likeness (QED) is 0.163. The summed E-state index contributed by atoms with van der Waals surface area (Å²) in [6, 6.07) is 43.5. The van der Waals surface area contributed by atoms with E-state index >= 15 is 0 Å². The molecular formula is C75H88BN3S. The van der Waals surface area contributed by atoms with E-state index in [4.69, 9.17) is 0 Å². The maximum atomic E-state index is 2.88. The first-order valence-corrected chi connectivity index (χ1v) is 32.2. The second-order valence-corrected chi connectivity index (χ2v) is 33.0. The summed E-state index contributed by atoms with van der Waals surface area (Å²) >= 11 is 2.14. The Balaban J connectivity index is 1.08. The van der Waals surface area contributed by atoms with E-state index in [1.807, 2.05) is 0 Å². The van der Waals surface area contributed by atoms with Crippen LogP contribution in [0.1, 0.15) is 231 Å². The van der Waals surface area contributed by atoms with Crippen molar-refractivity contribution in [1.29, 1.82) is 0 Å². The normalized spacial score (nSPS) is 27.6. The first-order chi connectivity index (χ1) is 37.7. The molecule has 2 fully saturated rings. The molecule has 0 amide bonds. The number of fused-ring (bicyclic) bond motifs is 13. The van der Waals surface area contributed by atoms with Crippen LogP contribution in [0.15, 0.2) is 103 Å². The number of para-hydroxylation sites is 1. The summed E-state index contributed by atoms with van der Waals surface area (Å²) in [6.07, 6.45) is 14.8. The average molecular weight is 1070 g/mol. The fraction of sp³-hybridized carbons (Fsp3) is 0.493. The van der Waals surface area contributed by atoms with Crippen molar-refractivity contribution in [3.63, 3.8) is 0 Å². The number of hydrogen-bond acceptors (Lipinski definition) is 4. The molecule has 4 heterocycles. The van der Waals surface area contributed by atoms with Gasteiger partial charge in [-0.2, -0.15) is 0 Å². The molecule has 1 aromatic heterocycles. The van der Waals surface area contributed by atoms with Crippen LogP contribution in [0.3, 0.4) is 0 Å². The van der Waals surface area contributed by atoms with E-state index in [0.29, 0.717) is 0 Å². The standard InChI is InChI=1S/C75H88BN3S/c1-67(2,3)47-24-22-46(23-25-47)45-77-61-39-49(79-59-21-17-16-20-52(59)74(14)28-18-19-29-75(74,79)15)40-62-64(61)76(66-65(77)50-41-56-57(44-63(50)80-66)73(13)36-34-72(56,12)35-37-73)58-42-54-55(71(10,11)33-32-70(54,8)9)43-60(58)78(62)48-26-27-51-53(38-48)69(6,7)31-30-68(51,4)5/h16-17,20-27,38-44H,18-19,28-37,45H2,1-15H3. The van der Waals surface area contributed by atoms with Gasteiger partial charge in [0.1, 0.15) is 0 Å². The third kappa shape index (κ3) is 6.91. The second kappa shape index (κ2) is 16.3. The summed E-state index contributed by atoms with van der Waals surface area (Å²) in [5.74, 6) is 0. The van der Waals surface area contributed by atoms with Gasteiger partial charge in [0.15, 0.2) is 0 Å². The topological polar surface area (TPSA) is 9.72 Å². The van der Waals surface area contributed by atoms with Gasteiger partial charge in [-0.1, -0.05) is 164 Å². The van der Waals surface area contributed by atoms with Gasteiger partial charge < -0.3 is 14.7 Å². The predicted molar refractivity (Wildman–Crippen MR) is 345 cm³/mol. The van der Waals surface area contributed by atoms with Gasteiger partial charge in [0.25, 0.3) is 6.71 Å². The number of hydrogen-bond donors (Lipinski definition) is 0. The molecule has 5 heteroatoms. The summed E-state index contributed by atoms with van der Waals surface area (Å²) in [7, 11) is 0. The van der Waals surface area contributed by atoms with Crippen molar-refractivity contribution >= 4 is 83.6 Å². The van der Waals surface area contributed by atoms with E-state index in [-0.39, 0.29) is 55.6 Å². The van der Waals surface area contributed by atoms with Gasteiger partial charge in [0, 0.05) is 60.9 Å². The van der Waals surface area contributed by atoms with E-state index in [9.17, 15) is 0 Å². The molecule has 0 spiro atoms. The first-order valence-electron chi connectivity index (χ1n) is 31.4. The predicted octanol–water partition coefficient (Wildman–Crippen LogP) is 18.7. The molecule has 2 saturated carbocycles. The maximum Gasteiger partial charge on any atom is 0.264 e. The van der Waals surface area contributed by atoms with E-state index < -0.39 is 0 Å². The third-order valence-electron chi connectivity index (χ3n) is 24.1. The van der Waals surface area contributed by atoms with Crippen LogP contribution in [-0.4, -0.2) is 12.3 Å². The van der Waals surface area contributed by atoms with E-state index in [2.05, 4.69) is 233 Å². The van der Waals surface area contributed by atoms with Gasteiger partial charge in [-0.05, 0) is 219 Å². The first kappa shape index (κ1) is 51.6. The molecular weight excluding hydrogens is 986 g/mol. The Hall–Kier alpha value is -5.26. The minimum atomic E-state index is -0.102. The van der Waals surface area contributed by atoms with Gasteiger partial charge >= 0.3 is 0 Å². The van der Waals surface area contributed by atoms with Crippen molar-refractivity contribution < 1.29 is 0 Å². The summed E-state index contributed by atoms with van der Waals surface area (Å²) in [5.41, 5.74) is 26.9. The molecule has 0 N–H and O–H groups in total. The molecule has 0 radical (unpaired) electrons. The van der Waals surface area contributed by atoms with Crippen LogP contribution in [0.25, 0.3) is 10.1 Å². The van der Waals surface area contributed by atoms with Gasteiger partial charge in [-0.15, -0.1) is 11.3 Å². The SMILES string of the molecule is CC(C)(C)c1ccc(CN2c3cc(N4c5ccccc5C5(C)CCCCC45C)cc4c3B(c3cc5c(cc3N4c3ccc4c(c3)C(C)(C)CCC4(C)C)C(C)(C)CCC5(C)C)c3sc4cc5c(cc4c32)C2(C)CCC5(C)CC2)cc1. The number of anilines is 7. The van der Waals surface area contributed by atoms with E-state index in [1.165, 1.54) is 176 Å². The number of nitrogens with zero attached hydrogens (tertiary/aromatic N) is 3. The van der Waals surface area contributed by atoms with Crippen LogP contribution in [-0.2, 0) is 49.9 Å². The zero-order chi connectivity index (χ0) is 55.9. The van der Waals surface area contributed by atoms with Gasteiger partial charge in [0.05, 0.1) is 11.2 Å². The van der Waals surface area contributed by atoms with E-state index in [1.54, 1.807) is 16.7 Å².